The van der Waals surface area contributed by atoms with E-state index in [0.29, 0.717) is 28.7 Å². The molecular formula is C25H24N4O3. The van der Waals surface area contributed by atoms with Crippen LogP contribution in [0.4, 0.5) is 21.9 Å². The number of hydrogen-bond donors (Lipinski definition) is 2. The summed E-state index contributed by atoms with van der Waals surface area (Å²) in [4.78, 5) is 22.4. The molecule has 1 unspecified atom stereocenters. The maximum Gasteiger partial charge on any atom is 0.324 e. The van der Waals surface area contributed by atoms with E-state index in [1.54, 1.807) is 14.2 Å². The molecule has 0 bridgehead atoms. The molecule has 1 aliphatic rings. The maximum atomic E-state index is 12.8. The van der Waals surface area contributed by atoms with Crippen molar-refractivity contribution in [3.63, 3.8) is 0 Å². The quantitative estimate of drug-likeness (QED) is 0.580. The molecule has 1 aliphatic heterocycles. The van der Waals surface area contributed by atoms with E-state index in [0.717, 1.165) is 17.0 Å². The van der Waals surface area contributed by atoms with E-state index in [9.17, 15) is 4.79 Å². The van der Waals surface area contributed by atoms with Crippen LogP contribution in [0.15, 0.2) is 82.8 Å². The number of nitrogens with one attached hydrogen (secondary N) is 2. The first-order chi connectivity index (χ1) is 15.6. The summed E-state index contributed by atoms with van der Waals surface area (Å²) in [5, 5.41) is 5.79. The van der Waals surface area contributed by atoms with Crippen LogP contribution in [0.3, 0.4) is 0 Å². The summed E-state index contributed by atoms with van der Waals surface area (Å²) < 4.78 is 10.9. The number of amidine groups is 1. The van der Waals surface area contributed by atoms with Crippen LogP contribution in [0.1, 0.15) is 18.4 Å². The van der Waals surface area contributed by atoms with Crippen molar-refractivity contribution in [1.29, 1.82) is 0 Å². The highest BCUT2D eigenvalue weighted by Gasteiger charge is 2.27. The van der Waals surface area contributed by atoms with Crippen molar-refractivity contribution < 1.29 is 14.3 Å². The fourth-order valence-corrected chi connectivity index (χ4v) is 3.63. The number of aliphatic imine (C=N–C) groups is 2. The van der Waals surface area contributed by atoms with Crippen molar-refractivity contribution in [2.75, 3.05) is 19.5 Å². The molecule has 2 N–H and O–H groups in total. The highest BCUT2D eigenvalue weighted by atomic mass is 16.5. The van der Waals surface area contributed by atoms with Crippen LogP contribution in [-0.2, 0) is 0 Å². The number of carbonyl (C=O) groups excluding carboxylic acids is 1. The molecule has 2 amide bonds. The minimum Gasteiger partial charge on any atom is -0.493 e. The highest BCUT2D eigenvalue weighted by molar-refractivity contribution is 6.18. The fourth-order valence-electron chi connectivity index (χ4n) is 3.63. The fraction of sp³-hybridized carbons (Fsp3) is 0.160. The molecule has 0 aliphatic carbocycles. The van der Waals surface area contributed by atoms with Gasteiger partial charge in [0, 0.05) is 11.4 Å². The summed E-state index contributed by atoms with van der Waals surface area (Å²) in [6, 6.07) is 22.1. The number of benzene rings is 3. The minimum atomic E-state index is -0.385. The first-order valence-corrected chi connectivity index (χ1v) is 10.2. The van der Waals surface area contributed by atoms with Crippen molar-refractivity contribution in [3.05, 3.63) is 78.4 Å². The molecule has 0 radical (unpaired) electrons. The van der Waals surface area contributed by atoms with Gasteiger partial charge in [-0.25, -0.2) is 9.79 Å². The van der Waals surface area contributed by atoms with E-state index in [2.05, 4.69) is 10.6 Å². The van der Waals surface area contributed by atoms with Gasteiger partial charge >= 0.3 is 6.03 Å². The van der Waals surface area contributed by atoms with Gasteiger partial charge in [0.1, 0.15) is 5.84 Å². The molecule has 3 aromatic rings. The van der Waals surface area contributed by atoms with Gasteiger partial charge in [0.05, 0.1) is 31.5 Å². The van der Waals surface area contributed by atoms with E-state index < -0.39 is 0 Å². The number of amides is 2. The smallest absolute Gasteiger partial charge is 0.324 e. The average Bonchev–Trinajstić information content (AvgIpc) is 2.94. The molecule has 0 saturated heterocycles. The van der Waals surface area contributed by atoms with E-state index in [-0.39, 0.29) is 11.9 Å². The largest absolute Gasteiger partial charge is 0.493 e. The zero-order chi connectivity index (χ0) is 22.5. The number of urea groups is 1. The van der Waals surface area contributed by atoms with Gasteiger partial charge in [-0.2, -0.15) is 0 Å². The molecule has 7 heteroatoms. The second-order valence-corrected chi connectivity index (χ2v) is 7.23. The highest BCUT2D eigenvalue weighted by Crippen LogP contribution is 2.36. The van der Waals surface area contributed by atoms with Crippen molar-refractivity contribution in [2.24, 2.45) is 9.98 Å². The number of hydrogen-bond acceptors (Lipinski definition) is 5. The first kappa shape index (κ1) is 21.1. The molecule has 0 fully saturated rings. The van der Waals surface area contributed by atoms with Crippen molar-refractivity contribution in [3.8, 4) is 11.5 Å². The minimum absolute atomic E-state index is 0.382. The Morgan fingerprint density at radius 1 is 0.812 bits per heavy atom. The van der Waals surface area contributed by atoms with Crippen LogP contribution in [0, 0.1) is 0 Å². The Labute approximate surface area is 186 Å². The van der Waals surface area contributed by atoms with Crippen molar-refractivity contribution >= 4 is 34.6 Å². The molecular weight excluding hydrogens is 404 g/mol. The average molecular weight is 428 g/mol. The molecule has 1 atom stereocenters. The Morgan fingerprint density at radius 3 is 2.16 bits per heavy atom. The maximum absolute atomic E-state index is 12.8. The van der Waals surface area contributed by atoms with Gasteiger partial charge in [0.25, 0.3) is 0 Å². The predicted octanol–water partition coefficient (Wildman–Crippen LogP) is 5.45. The van der Waals surface area contributed by atoms with E-state index in [4.69, 9.17) is 19.5 Å². The van der Waals surface area contributed by atoms with Crippen LogP contribution in [-0.4, -0.2) is 31.8 Å². The monoisotopic (exact) mass is 428 g/mol. The van der Waals surface area contributed by atoms with Crippen molar-refractivity contribution in [1.82, 2.24) is 5.32 Å². The number of nitrogens with zero attached hydrogens (tertiary/aromatic N) is 2. The Bertz CT molecular complexity index is 1190. The molecule has 7 nitrogen and oxygen atoms in total. The molecule has 162 valence electrons. The van der Waals surface area contributed by atoms with Crippen LogP contribution >= 0.6 is 0 Å². The lowest BCUT2D eigenvalue weighted by Gasteiger charge is -2.21. The lowest BCUT2D eigenvalue weighted by Crippen LogP contribution is -2.39. The lowest BCUT2D eigenvalue weighted by molar-refractivity contribution is 0.256. The molecule has 1 heterocycles. The number of ether oxygens (including phenoxy) is 2. The summed E-state index contributed by atoms with van der Waals surface area (Å²) in [5.74, 6) is 1.30. The first-order valence-electron chi connectivity index (χ1n) is 10.2. The van der Waals surface area contributed by atoms with E-state index >= 15 is 0 Å². The number of anilines is 1. The SMILES string of the molecule is COc1ccc(C2C(C)=Nc3ccccc3N=C2NC(=O)Nc2ccccc2)cc1OC. The third-order valence-corrected chi connectivity index (χ3v) is 5.12. The molecule has 0 spiro atoms. The Balaban J connectivity index is 1.75. The van der Waals surface area contributed by atoms with Gasteiger partial charge in [0.2, 0.25) is 0 Å². The molecule has 3 aromatic carbocycles. The second kappa shape index (κ2) is 9.34. The van der Waals surface area contributed by atoms with Gasteiger partial charge in [0.15, 0.2) is 11.5 Å². The lowest BCUT2D eigenvalue weighted by atomic mass is 9.93. The van der Waals surface area contributed by atoms with Gasteiger partial charge in [-0.15, -0.1) is 0 Å². The van der Waals surface area contributed by atoms with Crippen LogP contribution in [0.2, 0.25) is 0 Å². The molecule has 32 heavy (non-hydrogen) atoms. The summed E-state index contributed by atoms with van der Waals surface area (Å²) in [5.41, 5.74) is 3.78. The van der Waals surface area contributed by atoms with Crippen LogP contribution < -0.4 is 20.1 Å². The van der Waals surface area contributed by atoms with E-state index in [1.807, 2.05) is 79.7 Å². The standard InChI is InChI=1S/C25H24N4O3/c1-16-23(17-13-14-21(31-2)22(15-17)32-3)24(28-20-12-8-7-11-19(20)26-16)29-25(30)27-18-9-5-4-6-10-18/h4-15,23H,1-3H3,(H2,27,28,29,30). The zero-order valence-corrected chi connectivity index (χ0v) is 18.1. The van der Waals surface area contributed by atoms with Gasteiger partial charge < -0.3 is 14.8 Å². The Kier molecular flexibility index (Phi) is 6.17. The van der Waals surface area contributed by atoms with Gasteiger partial charge in [-0.05, 0) is 48.9 Å². The summed E-state index contributed by atoms with van der Waals surface area (Å²) in [7, 11) is 3.18. The van der Waals surface area contributed by atoms with Gasteiger partial charge in [-0.1, -0.05) is 36.4 Å². The summed E-state index contributed by atoms with van der Waals surface area (Å²) in [6.45, 7) is 1.93. The third kappa shape index (κ3) is 4.46. The molecule has 4 rings (SSSR count). The summed E-state index contributed by atoms with van der Waals surface area (Å²) in [6.07, 6.45) is 0. The zero-order valence-electron chi connectivity index (χ0n) is 18.1. The molecule has 0 aromatic heterocycles. The second-order valence-electron chi connectivity index (χ2n) is 7.23. The topological polar surface area (TPSA) is 84.3 Å². The van der Waals surface area contributed by atoms with Crippen molar-refractivity contribution in [2.45, 2.75) is 12.8 Å². The van der Waals surface area contributed by atoms with Crippen LogP contribution in [0.25, 0.3) is 0 Å². The number of fused-ring (bicyclic) bond motifs is 1. The normalized spacial score (nSPS) is 14.9. The third-order valence-electron chi connectivity index (χ3n) is 5.12. The number of rotatable bonds is 4. The Hall–Kier alpha value is -4.13. The number of carbonyl (C=O) groups is 1. The summed E-state index contributed by atoms with van der Waals surface area (Å²) >= 11 is 0. The van der Waals surface area contributed by atoms with Gasteiger partial charge in [-0.3, -0.25) is 10.3 Å². The molecule has 0 saturated carbocycles. The van der Waals surface area contributed by atoms with E-state index in [1.165, 1.54) is 0 Å². The number of methoxy groups -OCH3 is 2. The number of para-hydroxylation sites is 3. The Morgan fingerprint density at radius 2 is 1.47 bits per heavy atom. The predicted molar refractivity (Wildman–Crippen MR) is 127 cm³/mol. The van der Waals surface area contributed by atoms with Crippen LogP contribution in [0.5, 0.6) is 11.5 Å².